The molecular weight excluding hydrogens is 330 g/mol. The number of aromatic nitrogens is 3. The molecule has 7 nitrogen and oxygen atoms in total. The van der Waals surface area contributed by atoms with E-state index in [2.05, 4.69) is 14.5 Å². The molecule has 0 aliphatic rings. The van der Waals surface area contributed by atoms with E-state index >= 15 is 0 Å². The summed E-state index contributed by atoms with van der Waals surface area (Å²) in [4.78, 5) is 8.36. The van der Waals surface area contributed by atoms with Crippen LogP contribution in [0.5, 0.6) is 11.5 Å². The minimum atomic E-state index is 0.178. The molecule has 4 N–H and O–H groups in total. The van der Waals surface area contributed by atoms with Crippen LogP contribution in [0.2, 0.25) is 0 Å². The maximum Gasteiger partial charge on any atom is 0.222 e. The predicted molar refractivity (Wildman–Crippen MR) is 103 cm³/mol. The number of nitrogens with two attached hydrogens (primary N) is 2. The van der Waals surface area contributed by atoms with Crippen molar-refractivity contribution in [1.82, 2.24) is 14.5 Å². The molecule has 0 saturated carbocycles. The maximum absolute atomic E-state index is 6.09. The van der Waals surface area contributed by atoms with Crippen LogP contribution in [0.25, 0.3) is 21.8 Å². The molecule has 2 aromatic carbocycles. The van der Waals surface area contributed by atoms with Crippen molar-refractivity contribution in [2.24, 2.45) is 0 Å². The number of anilines is 2. The van der Waals surface area contributed by atoms with Crippen molar-refractivity contribution >= 4 is 33.6 Å². The number of hydrogen-bond donors (Lipinski definition) is 2. The van der Waals surface area contributed by atoms with Gasteiger partial charge in [-0.2, -0.15) is 4.98 Å². The van der Waals surface area contributed by atoms with Crippen LogP contribution in [0, 0.1) is 0 Å². The van der Waals surface area contributed by atoms with Gasteiger partial charge in [0, 0.05) is 29.7 Å². The summed E-state index contributed by atoms with van der Waals surface area (Å²) in [5.74, 6) is 2.08. The van der Waals surface area contributed by atoms with Crippen molar-refractivity contribution in [3.05, 3.63) is 48.2 Å². The average Bonchev–Trinajstić information content (AvgIpc) is 3.03. The first kappa shape index (κ1) is 16.0. The third-order valence-corrected chi connectivity index (χ3v) is 4.42. The van der Waals surface area contributed by atoms with Gasteiger partial charge in [0.05, 0.1) is 25.1 Å². The Labute approximate surface area is 150 Å². The second-order valence-corrected chi connectivity index (χ2v) is 6.02. The van der Waals surface area contributed by atoms with Crippen LogP contribution in [0.1, 0.15) is 5.56 Å². The van der Waals surface area contributed by atoms with Gasteiger partial charge in [-0.3, -0.25) is 0 Å². The second kappa shape index (κ2) is 6.11. The van der Waals surface area contributed by atoms with Crippen molar-refractivity contribution < 1.29 is 9.47 Å². The first-order valence-electron chi connectivity index (χ1n) is 8.11. The standard InChI is InChI=1S/C19H19N5O2/c1-25-12-7-11(8-13(9-12)26-2)10-24-6-5-14-16(24)4-3-15-17(14)18(20)23-19(21)22-15/h3-9H,10H2,1-2H3,(H4,20,21,22,23). The number of methoxy groups -OCH3 is 2. The molecule has 0 radical (unpaired) electrons. The summed E-state index contributed by atoms with van der Waals surface area (Å²) in [6, 6.07) is 11.8. The Balaban J connectivity index is 1.82. The SMILES string of the molecule is COc1cc(Cn2ccc3c4c(N)nc(N)nc4ccc32)cc(OC)c1. The van der Waals surface area contributed by atoms with Gasteiger partial charge >= 0.3 is 0 Å². The van der Waals surface area contributed by atoms with Gasteiger partial charge < -0.3 is 25.5 Å². The van der Waals surface area contributed by atoms with E-state index in [9.17, 15) is 0 Å². The van der Waals surface area contributed by atoms with Gasteiger partial charge in [0.25, 0.3) is 0 Å². The van der Waals surface area contributed by atoms with Crippen molar-refractivity contribution in [2.45, 2.75) is 6.54 Å². The van der Waals surface area contributed by atoms with E-state index in [0.29, 0.717) is 12.4 Å². The Hall–Kier alpha value is -3.48. The van der Waals surface area contributed by atoms with Crippen LogP contribution in [-0.2, 0) is 6.54 Å². The fourth-order valence-corrected chi connectivity index (χ4v) is 3.24. The molecule has 0 saturated heterocycles. The lowest BCUT2D eigenvalue weighted by atomic mass is 10.1. The minimum absolute atomic E-state index is 0.178. The summed E-state index contributed by atoms with van der Waals surface area (Å²) in [5.41, 5.74) is 14.6. The molecule has 0 atom stereocenters. The van der Waals surface area contributed by atoms with Crippen LogP contribution in [0.3, 0.4) is 0 Å². The van der Waals surface area contributed by atoms with Crippen molar-refractivity contribution in [1.29, 1.82) is 0 Å². The zero-order valence-corrected chi connectivity index (χ0v) is 14.6. The summed E-state index contributed by atoms with van der Waals surface area (Å²) in [5, 5.41) is 1.81. The van der Waals surface area contributed by atoms with Gasteiger partial charge in [-0.15, -0.1) is 0 Å². The lowest BCUT2D eigenvalue weighted by Crippen LogP contribution is -2.02. The van der Waals surface area contributed by atoms with Gasteiger partial charge in [0.1, 0.15) is 17.3 Å². The molecule has 26 heavy (non-hydrogen) atoms. The monoisotopic (exact) mass is 349 g/mol. The lowest BCUT2D eigenvalue weighted by molar-refractivity contribution is 0.393. The quantitative estimate of drug-likeness (QED) is 0.587. The van der Waals surface area contributed by atoms with Gasteiger partial charge in [-0.25, -0.2) is 4.98 Å². The van der Waals surface area contributed by atoms with E-state index < -0.39 is 0 Å². The summed E-state index contributed by atoms with van der Waals surface area (Å²) in [7, 11) is 3.29. The normalized spacial score (nSPS) is 11.2. The van der Waals surface area contributed by atoms with Crippen LogP contribution < -0.4 is 20.9 Å². The first-order chi connectivity index (χ1) is 12.6. The van der Waals surface area contributed by atoms with Gasteiger partial charge in [-0.1, -0.05) is 0 Å². The zero-order chi connectivity index (χ0) is 18.3. The number of hydrogen-bond acceptors (Lipinski definition) is 6. The van der Waals surface area contributed by atoms with E-state index in [1.54, 1.807) is 14.2 Å². The Morgan fingerprint density at radius 3 is 2.38 bits per heavy atom. The third kappa shape index (κ3) is 2.63. The Bertz CT molecular complexity index is 1100. The average molecular weight is 349 g/mol. The molecule has 0 aliphatic heterocycles. The first-order valence-corrected chi connectivity index (χ1v) is 8.11. The fourth-order valence-electron chi connectivity index (χ4n) is 3.24. The topological polar surface area (TPSA) is 101 Å². The Morgan fingerprint density at radius 2 is 1.69 bits per heavy atom. The third-order valence-electron chi connectivity index (χ3n) is 4.42. The van der Waals surface area contributed by atoms with Crippen molar-refractivity contribution in [3.63, 3.8) is 0 Å². The number of nitrogen functional groups attached to an aromatic ring is 2. The molecule has 0 spiro atoms. The number of nitrogens with zero attached hydrogens (tertiary/aromatic N) is 3. The van der Waals surface area contributed by atoms with Crippen LogP contribution in [0.15, 0.2) is 42.6 Å². The van der Waals surface area contributed by atoms with Gasteiger partial charge in [0.15, 0.2) is 0 Å². The molecule has 0 unspecified atom stereocenters. The van der Waals surface area contributed by atoms with Crippen LogP contribution in [0.4, 0.5) is 11.8 Å². The summed E-state index contributed by atoms with van der Waals surface area (Å²) in [6.07, 6.45) is 2.02. The Kier molecular flexibility index (Phi) is 3.76. The molecule has 132 valence electrons. The van der Waals surface area contributed by atoms with Crippen LogP contribution in [-0.4, -0.2) is 28.8 Å². The van der Waals surface area contributed by atoms with E-state index in [1.807, 2.05) is 42.6 Å². The van der Waals surface area contributed by atoms with Gasteiger partial charge in [0.2, 0.25) is 5.95 Å². The molecule has 0 amide bonds. The summed E-state index contributed by atoms with van der Waals surface area (Å²) in [6.45, 7) is 0.665. The largest absolute Gasteiger partial charge is 0.497 e. The highest BCUT2D eigenvalue weighted by atomic mass is 16.5. The van der Waals surface area contributed by atoms with Crippen LogP contribution >= 0.6 is 0 Å². The van der Waals surface area contributed by atoms with Gasteiger partial charge in [-0.05, 0) is 35.9 Å². The fraction of sp³-hybridized carbons (Fsp3) is 0.158. The number of fused-ring (bicyclic) bond motifs is 3. The maximum atomic E-state index is 6.09. The molecule has 0 aliphatic carbocycles. The highest BCUT2D eigenvalue weighted by Crippen LogP contribution is 2.30. The highest BCUT2D eigenvalue weighted by Gasteiger charge is 2.11. The molecule has 7 heteroatoms. The zero-order valence-electron chi connectivity index (χ0n) is 14.6. The molecule has 2 aromatic heterocycles. The summed E-state index contributed by atoms with van der Waals surface area (Å²) < 4.78 is 12.8. The second-order valence-electron chi connectivity index (χ2n) is 6.02. The highest BCUT2D eigenvalue weighted by molar-refractivity contribution is 6.10. The van der Waals surface area contributed by atoms with E-state index in [4.69, 9.17) is 20.9 Å². The van der Waals surface area contributed by atoms with Crippen molar-refractivity contribution in [3.8, 4) is 11.5 Å². The number of benzene rings is 2. The van der Waals surface area contributed by atoms with E-state index in [1.165, 1.54) is 0 Å². The molecule has 4 aromatic rings. The minimum Gasteiger partial charge on any atom is -0.497 e. The number of ether oxygens (including phenoxy) is 2. The molecule has 4 rings (SSSR count). The van der Waals surface area contributed by atoms with E-state index in [-0.39, 0.29) is 5.95 Å². The molecule has 0 bridgehead atoms. The number of rotatable bonds is 4. The lowest BCUT2D eigenvalue weighted by Gasteiger charge is -2.11. The Morgan fingerprint density at radius 1 is 0.962 bits per heavy atom. The molecule has 0 fully saturated rings. The smallest absolute Gasteiger partial charge is 0.222 e. The van der Waals surface area contributed by atoms with E-state index in [0.717, 1.165) is 38.9 Å². The predicted octanol–water partition coefficient (Wildman–Crippen LogP) is 2.81. The summed E-state index contributed by atoms with van der Waals surface area (Å²) >= 11 is 0. The van der Waals surface area contributed by atoms with Crippen molar-refractivity contribution in [2.75, 3.05) is 25.7 Å². The molecule has 2 heterocycles. The molecular formula is C19H19N5O2.